The summed E-state index contributed by atoms with van der Waals surface area (Å²) in [7, 11) is -3.60. The third-order valence-electron chi connectivity index (χ3n) is 2.70. The van der Waals surface area contributed by atoms with E-state index in [0.29, 0.717) is 10.4 Å². The number of thiophene rings is 1. The van der Waals surface area contributed by atoms with Gasteiger partial charge in [-0.15, -0.1) is 11.3 Å². The topological polar surface area (TPSA) is 66.4 Å². The van der Waals surface area contributed by atoms with Crippen LogP contribution in [0.5, 0.6) is 0 Å². The first-order valence-corrected chi connectivity index (χ1v) is 8.25. The van der Waals surface area contributed by atoms with Crippen molar-refractivity contribution in [2.45, 2.75) is 17.2 Å². The van der Waals surface area contributed by atoms with Crippen LogP contribution in [0, 0.1) is 5.82 Å². The average Bonchev–Trinajstić information content (AvgIpc) is 2.90. The van der Waals surface area contributed by atoms with Crippen molar-refractivity contribution in [3.8, 4) is 0 Å². The largest absolute Gasteiger partial charge is 0.391 e. The van der Waals surface area contributed by atoms with E-state index in [-0.39, 0.29) is 29.6 Å². The Kier molecular flexibility index (Phi) is 4.87. The van der Waals surface area contributed by atoms with Crippen molar-refractivity contribution in [1.82, 2.24) is 4.72 Å². The van der Waals surface area contributed by atoms with Gasteiger partial charge in [0.1, 0.15) is 10.0 Å². The highest BCUT2D eigenvalue weighted by Crippen LogP contribution is 2.21. The summed E-state index contributed by atoms with van der Waals surface area (Å²) in [4.78, 5) is 0.583. The van der Waals surface area contributed by atoms with Crippen LogP contribution in [0.4, 0.5) is 4.39 Å². The molecule has 0 bridgehead atoms. The van der Waals surface area contributed by atoms with Crippen molar-refractivity contribution in [3.05, 3.63) is 52.7 Å². The molecule has 108 valence electrons. The van der Waals surface area contributed by atoms with E-state index in [1.165, 1.54) is 12.1 Å². The van der Waals surface area contributed by atoms with Gasteiger partial charge in [0.15, 0.2) is 0 Å². The Hall–Kier alpha value is -1.28. The summed E-state index contributed by atoms with van der Waals surface area (Å²) in [6, 6.07) is 9.28. The molecule has 0 aliphatic rings. The van der Waals surface area contributed by atoms with Crippen LogP contribution in [-0.4, -0.2) is 20.1 Å². The van der Waals surface area contributed by atoms with Gasteiger partial charge in [-0.2, -0.15) is 0 Å². The molecule has 2 aromatic rings. The first kappa shape index (κ1) is 15.1. The van der Waals surface area contributed by atoms with Gasteiger partial charge in [-0.25, -0.2) is 17.5 Å². The number of halogens is 1. The summed E-state index contributed by atoms with van der Waals surface area (Å²) in [6.45, 7) is -0.0644. The fraction of sp³-hybridized carbons (Fsp3) is 0.231. The summed E-state index contributed by atoms with van der Waals surface area (Å²) in [6.07, 6.45) is 0.282. The van der Waals surface area contributed by atoms with Crippen LogP contribution in [0.1, 0.15) is 10.4 Å². The minimum absolute atomic E-state index is 0.121. The molecule has 1 aromatic carbocycles. The van der Waals surface area contributed by atoms with Crippen LogP contribution in [0.25, 0.3) is 0 Å². The number of nitrogens with one attached hydrogen (secondary N) is 1. The van der Waals surface area contributed by atoms with Gasteiger partial charge in [-0.05, 0) is 30.2 Å². The molecule has 0 aliphatic carbocycles. The predicted molar refractivity (Wildman–Crippen MR) is 75.5 cm³/mol. The molecule has 20 heavy (non-hydrogen) atoms. The molecule has 2 N–H and O–H groups in total. The zero-order valence-electron chi connectivity index (χ0n) is 10.5. The number of hydrogen-bond donors (Lipinski definition) is 2. The molecule has 0 aliphatic heterocycles. The SMILES string of the molecule is O=S(=O)(NCCc1ccccc1F)c1ccc(CO)s1. The average molecular weight is 315 g/mol. The standard InChI is InChI=1S/C13H14FNO3S2/c14-12-4-2-1-3-10(12)7-8-15-20(17,18)13-6-5-11(9-16)19-13/h1-6,15-16H,7-9H2. The first-order chi connectivity index (χ1) is 9.53. The molecular weight excluding hydrogens is 301 g/mol. The Morgan fingerprint density at radius 3 is 2.60 bits per heavy atom. The Labute approximate surface area is 120 Å². The van der Waals surface area contributed by atoms with Gasteiger partial charge in [0.25, 0.3) is 0 Å². The van der Waals surface area contributed by atoms with Gasteiger partial charge in [0, 0.05) is 11.4 Å². The molecule has 1 heterocycles. The second kappa shape index (κ2) is 6.45. The minimum atomic E-state index is -3.60. The molecule has 0 amide bonds. The first-order valence-electron chi connectivity index (χ1n) is 5.95. The molecule has 0 fully saturated rings. The molecule has 0 saturated carbocycles. The van der Waals surface area contributed by atoms with Gasteiger partial charge >= 0.3 is 0 Å². The van der Waals surface area contributed by atoms with E-state index in [4.69, 9.17) is 5.11 Å². The van der Waals surface area contributed by atoms with E-state index >= 15 is 0 Å². The van der Waals surface area contributed by atoms with Crippen molar-refractivity contribution < 1.29 is 17.9 Å². The van der Waals surface area contributed by atoms with Gasteiger partial charge in [-0.1, -0.05) is 18.2 Å². The quantitative estimate of drug-likeness (QED) is 0.855. The molecule has 0 saturated heterocycles. The number of sulfonamides is 1. The number of hydrogen-bond acceptors (Lipinski definition) is 4. The maximum Gasteiger partial charge on any atom is 0.250 e. The van der Waals surface area contributed by atoms with Crippen molar-refractivity contribution in [3.63, 3.8) is 0 Å². The smallest absolute Gasteiger partial charge is 0.250 e. The third kappa shape index (κ3) is 3.63. The maximum absolute atomic E-state index is 13.4. The summed E-state index contributed by atoms with van der Waals surface area (Å²) in [5.74, 6) is -0.342. The molecule has 7 heteroatoms. The Morgan fingerprint density at radius 2 is 1.95 bits per heavy atom. The van der Waals surface area contributed by atoms with Crippen LogP contribution in [0.2, 0.25) is 0 Å². The molecule has 0 radical (unpaired) electrons. The zero-order chi connectivity index (χ0) is 14.6. The summed E-state index contributed by atoms with van der Waals surface area (Å²) in [5.41, 5.74) is 0.470. The van der Waals surface area contributed by atoms with Crippen LogP contribution in [0.3, 0.4) is 0 Å². The highest BCUT2D eigenvalue weighted by Gasteiger charge is 2.16. The van der Waals surface area contributed by atoms with Crippen LogP contribution >= 0.6 is 11.3 Å². The number of aliphatic hydroxyl groups is 1. The van der Waals surface area contributed by atoms with E-state index in [0.717, 1.165) is 11.3 Å². The number of rotatable bonds is 6. The van der Waals surface area contributed by atoms with Gasteiger partial charge in [-0.3, -0.25) is 0 Å². The number of benzene rings is 1. The predicted octanol–water partition coefficient (Wildman–Crippen LogP) is 1.90. The summed E-state index contributed by atoms with van der Waals surface area (Å²) < 4.78 is 39.9. The monoisotopic (exact) mass is 315 g/mol. The van der Waals surface area contributed by atoms with Crippen molar-refractivity contribution >= 4 is 21.4 Å². The lowest BCUT2D eigenvalue weighted by molar-refractivity contribution is 0.285. The van der Waals surface area contributed by atoms with E-state index in [1.54, 1.807) is 24.3 Å². The van der Waals surface area contributed by atoms with E-state index < -0.39 is 10.0 Å². The van der Waals surface area contributed by atoms with Crippen LogP contribution in [-0.2, 0) is 23.1 Å². The Morgan fingerprint density at radius 1 is 1.20 bits per heavy atom. The van der Waals surface area contributed by atoms with E-state index in [1.807, 2.05) is 0 Å². The van der Waals surface area contributed by atoms with Crippen LogP contribution < -0.4 is 4.72 Å². The van der Waals surface area contributed by atoms with Crippen molar-refractivity contribution in [2.24, 2.45) is 0 Å². The van der Waals surface area contributed by atoms with Gasteiger partial charge in [0.2, 0.25) is 10.0 Å². The van der Waals surface area contributed by atoms with Gasteiger partial charge in [0.05, 0.1) is 6.61 Å². The fourth-order valence-electron chi connectivity index (χ4n) is 1.68. The second-order valence-electron chi connectivity index (χ2n) is 4.12. The molecule has 0 spiro atoms. The van der Waals surface area contributed by atoms with Crippen molar-refractivity contribution in [2.75, 3.05) is 6.54 Å². The van der Waals surface area contributed by atoms with Crippen LogP contribution in [0.15, 0.2) is 40.6 Å². The summed E-state index contributed by atoms with van der Waals surface area (Å²) in [5, 5.41) is 8.93. The van der Waals surface area contributed by atoms with E-state index in [9.17, 15) is 12.8 Å². The lowest BCUT2D eigenvalue weighted by atomic mass is 10.1. The third-order valence-corrected chi connectivity index (χ3v) is 5.72. The Bertz CT molecular complexity index is 682. The molecular formula is C13H14FNO3S2. The Balaban J connectivity index is 1.98. The lowest BCUT2D eigenvalue weighted by Crippen LogP contribution is -2.25. The lowest BCUT2D eigenvalue weighted by Gasteiger charge is -2.05. The highest BCUT2D eigenvalue weighted by atomic mass is 32.2. The second-order valence-corrected chi connectivity index (χ2v) is 7.28. The van der Waals surface area contributed by atoms with E-state index in [2.05, 4.69) is 4.72 Å². The molecule has 0 atom stereocenters. The van der Waals surface area contributed by atoms with Gasteiger partial charge < -0.3 is 5.11 Å². The zero-order valence-corrected chi connectivity index (χ0v) is 12.2. The minimum Gasteiger partial charge on any atom is -0.391 e. The normalized spacial score (nSPS) is 11.7. The summed E-state index contributed by atoms with van der Waals surface area (Å²) >= 11 is 1.01. The molecule has 2 rings (SSSR count). The molecule has 0 unspecified atom stereocenters. The number of aliphatic hydroxyl groups excluding tert-OH is 1. The maximum atomic E-state index is 13.4. The molecule has 1 aromatic heterocycles. The van der Waals surface area contributed by atoms with Crippen molar-refractivity contribution in [1.29, 1.82) is 0 Å². The fourth-order valence-corrected chi connectivity index (χ4v) is 3.97. The molecule has 4 nitrogen and oxygen atoms in total. The highest BCUT2D eigenvalue weighted by molar-refractivity contribution is 7.91.